The zero-order valence-electron chi connectivity index (χ0n) is 20.3. The molecule has 0 aromatic heterocycles. The Morgan fingerprint density at radius 1 is 1.00 bits per heavy atom. The maximum absolute atomic E-state index is 14.0. The highest BCUT2D eigenvalue weighted by molar-refractivity contribution is 5.88. The van der Waals surface area contributed by atoms with Gasteiger partial charge in [0.15, 0.2) is 11.6 Å². The lowest BCUT2D eigenvalue weighted by atomic mass is 9.43. The van der Waals surface area contributed by atoms with Gasteiger partial charge in [0, 0.05) is 29.6 Å². The van der Waals surface area contributed by atoms with Crippen molar-refractivity contribution in [3.63, 3.8) is 0 Å². The fourth-order valence-corrected chi connectivity index (χ4v) is 10.0. The summed E-state index contributed by atoms with van der Waals surface area (Å²) in [5.41, 5.74) is -0.523. The molecule has 6 aliphatic rings. The van der Waals surface area contributed by atoms with Crippen LogP contribution in [0, 0.1) is 52.3 Å². The molecule has 0 aromatic carbocycles. The van der Waals surface area contributed by atoms with E-state index < -0.39 is 17.3 Å². The highest BCUT2D eigenvalue weighted by Gasteiger charge is 2.73. The second-order valence-electron chi connectivity index (χ2n) is 13.1. The summed E-state index contributed by atoms with van der Waals surface area (Å²) in [5, 5.41) is 22.0. The molecule has 2 aliphatic heterocycles. The van der Waals surface area contributed by atoms with Gasteiger partial charge in [-0.2, -0.15) is 0 Å². The summed E-state index contributed by atoms with van der Waals surface area (Å²) in [4.78, 5) is 14.0. The van der Waals surface area contributed by atoms with Crippen molar-refractivity contribution in [2.75, 3.05) is 6.61 Å². The Bertz CT molecular complexity index is 789. The Morgan fingerprint density at radius 3 is 2.50 bits per heavy atom. The zero-order valence-corrected chi connectivity index (χ0v) is 20.3. The third-order valence-corrected chi connectivity index (χ3v) is 11.8. The maximum atomic E-state index is 14.0. The highest BCUT2D eigenvalue weighted by atomic mass is 16.7. The van der Waals surface area contributed by atoms with Crippen molar-refractivity contribution in [3.05, 3.63) is 0 Å². The average Bonchev–Trinajstić information content (AvgIpc) is 3.20. The van der Waals surface area contributed by atoms with E-state index in [4.69, 9.17) is 9.47 Å². The zero-order chi connectivity index (χ0) is 22.6. The van der Waals surface area contributed by atoms with Gasteiger partial charge < -0.3 is 19.7 Å². The van der Waals surface area contributed by atoms with Gasteiger partial charge >= 0.3 is 0 Å². The number of aliphatic hydroxyl groups excluding tert-OH is 2. The van der Waals surface area contributed by atoms with Crippen LogP contribution in [0.1, 0.15) is 79.1 Å². The molecule has 180 valence electrons. The minimum absolute atomic E-state index is 0.0725. The first kappa shape index (κ1) is 22.0. The lowest BCUT2D eigenvalue weighted by molar-refractivity contribution is -0.273. The highest BCUT2D eigenvalue weighted by Crippen LogP contribution is 2.70. The minimum atomic E-state index is -0.921. The first-order chi connectivity index (χ1) is 15.1. The fourth-order valence-electron chi connectivity index (χ4n) is 10.0. The summed E-state index contributed by atoms with van der Waals surface area (Å²) in [5.74, 6) is 1.45. The van der Waals surface area contributed by atoms with Crippen molar-refractivity contribution in [1.82, 2.24) is 0 Å². The van der Waals surface area contributed by atoms with Crippen LogP contribution < -0.4 is 0 Å². The summed E-state index contributed by atoms with van der Waals surface area (Å²) in [6.07, 6.45) is 6.54. The Labute approximate surface area is 192 Å². The van der Waals surface area contributed by atoms with Crippen molar-refractivity contribution in [3.8, 4) is 0 Å². The maximum Gasteiger partial charge on any atom is 0.171 e. The largest absolute Gasteiger partial charge is 0.393 e. The smallest absolute Gasteiger partial charge is 0.171 e. The molecule has 1 spiro atoms. The van der Waals surface area contributed by atoms with Gasteiger partial charge in [0.2, 0.25) is 0 Å². The first-order valence-corrected chi connectivity index (χ1v) is 13.3. The summed E-state index contributed by atoms with van der Waals surface area (Å²) >= 11 is 0. The van der Waals surface area contributed by atoms with Gasteiger partial charge in [-0.25, -0.2) is 0 Å². The number of Topliss-reactive ketones (excluding diaryl/α,β-unsaturated/α-hetero) is 1. The number of fused-ring (bicyclic) bond motifs is 7. The molecule has 13 atom stereocenters. The fraction of sp³-hybridized carbons (Fsp3) is 0.963. The molecule has 0 unspecified atom stereocenters. The predicted octanol–water partition coefficient (Wildman–Crippen LogP) is 3.94. The van der Waals surface area contributed by atoms with Crippen LogP contribution in [-0.2, 0) is 14.3 Å². The number of hydrogen-bond acceptors (Lipinski definition) is 5. The summed E-state index contributed by atoms with van der Waals surface area (Å²) < 4.78 is 13.1. The molecule has 0 radical (unpaired) electrons. The normalized spacial score (nSPS) is 61.8. The number of ether oxygens (including phenoxy) is 2. The number of ketones is 1. The van der Waals surface area contributed by atoms with Crippen LogP contribution >= 0.6 is 0 Å². The van der Waals surface area contributed by atoms with Crippen LogP contribution in [0.15, 0.2) is 0 Å². The number of hydrogen-bond donors (Lipinski definition) is 2. The van der Waals surface area contributed by atoms with E-state index in [1.54, 1.807) is 0 Å². The van der Waals surface area contributed by atoms with Crippen molar-refractivity contribution < 1.29 is 24.5 Å². The van der Waals surface area contributed by atoms with E-state index in [-0.39, 0.29) is 41.2 Å². The second kappa shape index (κ2) is 7.02. The van der Waals surface area contributed by atoms with Crippen molar-refractivity contribution >= 4 is 5.78 Å². The number of carbonyl (C=O) groups excluding carboxylic acids is 1. The summed E-state index contributed by atoms with van der Waals surface area (Å²) in [7, 11) is 0. The monoisotopic (exact) mass is 446 g/mol. The van der Waals surface area contributed by atoms with E-state index in [9.17, 15) is 15.0 Å². The van der Waals surface area contributed by atoms with Crippen LogP contribution in [0.5, 0.6) is 0 Å². The van der Waals surface area contributed by atoms with Gasteiger partial charge in [0.25, 0.3) is 0 Å². The van der Waals surface area contributed by atoms with Crippen LogP contribution in [0.3, 0.4) is 0 Å². The molecule has 0 amide bonds. The molecule has 4 saturated carbocycles. The molecule has 5 heteroatoms. The predicted molar refractivity (Wildman–Crippen MR) is 120 cm³/mol. The summed E-state index contributed by atoms with van der Waals surface area (Å²) in [6, 6.07) is 0. The number of rotatable bonds is 0. The van der Waals surface area contributed by atoms with Gasteiger partial charge in [-0.3, -0.25) is 4.79 Å². The molecule has 32 heavy (non-hydrogen) atoms. The van der Waals surface area contributed by atoms with E-state index in [1.165, 1.54) is 0 Å². The molecule has 6 fully saturated rings. The lowest BCUT2D eigenvalue weighted by Gasteiger charge is -2.61. The van der Waals surface area contributed by atoms with E-state index in [0.717, 1.165) is 58.0 Å². The molecule has 6 rings (SSSR count). The van der Waals surface area contributed by atoms with Gasteiger partial charge in [0.1, 0.15) is 6.10 Å². The van der Waals surface area contributed by atoms with Gasteiger partial charge in [0.05, 0.1) is 18.8 Å². The van der Waals surface area contributed by atoms with Gasteiger partial charge in [-0.1, -0.05) is 27.7 Å². The van der Waals surface area contributed by atoms with Crippen molar-refractivity contribution in [2.45, 2.75) is 103 Å². The van der Waals surface area contributed by atoms with Gasteiger partial charge in [-0.15, -0.1) is 0 Å². The second-order valence-corrected chi connectivity index (χ2v) is 13.1. The molecule has 2 heterocycles. The average molecular weight is 447 g/mol. The van der Waals surface area contributed by atoms with Crippen LogP contribution in [0.25, 0.3) is 0 Å². The first-order valence-electron chi connectivity index (χ1n) is 13.3. The number of carbonyl (C=O) groups is 1. The summed E-state index contributed by atoms with van der Waals surface area (Å²) in [6.45, 7) is 9.70. The minimum Gasteiger partial charge on any atom is -0.393 e. The topological polar surface area (TPSA) is 76.0 Å². The van der Waals surface area contributed by atoms with E-state index in [1.807, 2.05) is 0 Å². The quantitative estimate of drug-likeness (QED) is 0.589. The van der Waals surface area contributed by atoms with Crippen molar-refractivity contribution in [2.24, 2.45) is 52.3 Å². The Hall–Kier alpha value is -0.490. The van der Waals surface area contributed by atoms with E-state index in [0.29, 0.717) is 23.7 Å². The van der Waals surface area contributed by atoms with Gasteiger partial charge in [-0.05, 0) is 74.0 Å². The third kappa shape index (κ3) is 2.63. The van der Waals surface area contributed by atoms with Crippen LogP contribution in [0.4, 0.5) is 0 Å². The lowest BCUT2D eigenvalue weighted by Crippen LogP contribution is -2.64. The number of aliphatic hydroxyl groups is 2. The molecule has 2 saturated heterocycles. The SMILES string of the molecule is C[C@@H]1CC[C@]2(OC1)O[C@@H]1C[C@@H]3[C@@H]4CC[C@H]5C[C@H](O)CC[C@]5(C)[C@@H]4C(=O)[C@H](O)[C@]3(C)[C@@H]1[C@H]2C. The van der Waals surface area contributed by atoms with Crippen LogP contribution in [0.2, 0.25) is 0 Å². The molecular formula is C27H42O5. The Morgan fingerprint density at radius 2 is 1.78 bits per heavy atom. The van der Waals surface area contributed by atoms with E-state index >= 15 is 0 Å². The van der Waals surface area contributed by atoms with E-state index in [2.05, 4.69) is 27.7 Å². The van der Waals surface area contributed by atoms with Crippen molar-refractivity contribution in [1.29, 1.82) is 0 Å². The Kier molecular flexibility index (Phi) is 4.83. The molecular weight excluding hydrogens is 404 g/mol. The molecule has 0 bridgehead atoms. The standard InChI is InChI=1S/C27H42O5/c1-14-7-10-27(31-13-14)15(2)21-20(32-27)12-19-18-6-5-16-11-17(28)8-9-25(16,3)22(18)23(29)24(30)26(19,21)4/h14-22,24,28,30H,5-13H2,1-4H3/t14-,15-,16+,17-,18+,19-,20-,21-,22+,24+,25+,26+,27+/m1/s1. The molecule has 4 aliphatic carbocycles. The Balaban J connectivity index is 1.34. The molecule has 2 N–H and O–H groups in total. The molecule has 0 aromatic rings. The van der Waals surface area contributed by atoms with Crippen LogP contribution in [-0.4, -0.2) is 46.7 Å². The molecule has 5 nitrogen and oxygen atoms in total. The third-order valence-electron chi connectivity index (χ3n) is 11.8.